The molecule has 1 amide bonds. The molecule has 2 atom stereocenters. The highest BCUT2D eigenvalue weighted by molar-refractivity contribution is 5.83. The summed E-state index contributed by atoms with van der Waals surface area (Å²) in [5.74, 6) is 1.65. The molecule has 32 heavy (non-hydrogen) atoms. The van der Waals surface area contributed by atoms with Crippen molar-refractivity contribution in [2.24, 2.45) is 5.92 Å². The van der Waals surface area contributed by atoms with Crippen molar-refractivity contribution < 1.29 is 9.53 Å². The summed E-state index contributed by atoms with van der Waals surface area (Å²) in [5, 5.41) is 1.08. The second-order valence-electron chi connectivity index (χ2n) is 8.81. The normalized spacial score (nSPS) is 17.3. The van der Waals surface area contributed by atoms with Crippen LogP contribution in [0.1, 0.15) is 42.6 Å². The van der Waals surface area contributed by atoms with Gasteiger partial charge in [-0.3, -0.25) is 4.79 Å². The van der Waals surface area contributed by atoms with E-state index in [4.69, 9.17) is 14.7 Å². The second-order valence-corrected chi connectivity index (χ2v) is 8.81. The van der Waals surface area contributed by atoms with E-state index in [1.807, 2.05) is 43.1 Å². The standard InChI is InChI=1S/C26H32N4O2/c1-17-8-13-23-18(2)27-26(28-24(23)15-17)30-14-6-7-21(16-30)25(31)29(4)19(3)20-9-11-22(32-5)12-10-20/h8-13,15,19,21H,6-7,14,16H2,1-5H3/t19-,21-/m0/s1. The van der Waals surface area contributed by atoms with Crippen molar-refractivity contribution in [1.82, 2.24) is 14.9 Å². The van der Waals surface area contributed by atoms with Gasteiger partial charge >= 0.3 is 0 Å². The molecule has 2 heterocycles. The van der Waals surface area contributed by atoms with Crippen LogP contribution >= 0.6 is 0 Å². The fourth-order valence-corrected chi connectivity index (χ4v) is 4.47. The number of carbonyl (C=O) groups excluding carboxylic acids is 1. The molecule has 0 radical (unpaired) electrons. The van der Waals surface area contributed by atoms with Gasteiger partial charge in [0, 0.05) is 25.5 Å². The zero-order valence-electron chi connectivity index (χ0n) is 19.6. The highest BCUT2D eigenvalue weighted by Gasteiger charge is 2.31. The van der Waals surface area contributed by atoms with E-state index in [9.17, 15) is 4.79 Å². The van der Waals surface area contributed by atoms with E-state index in [-0.39, 0.29) is 17.9 Å². The van der Waals surface area contributed by atoms with Crippen molar-refractivity contribution in [3.05, 3.63) is 59.3 Å². The number of piperidine rings is 1. The van der Waals surface area contributed by atoms with Gasteiger partial charge in [-0.05, 0) is 62.9 Å². The lowest BCUT2D eigenvalue weighted by Gasteiger charge is -2.36. The van der Waals surface area contributed by atoms with E-state index < -0.39 is 0 Å². The first-order valence-electron chi connectivity index (χ1n) is 11.3. The minimum absolute atomic E-state index is 0.00841. The van der Waals surface area contributed by atoms with Crippen LogP contribution in [0.4, 0.5) is 5.95 Å². The molecule has 1 aliphatic rings. The predicted octanol–water partition coefficient (Wildman–Crippen LogP) is 4.69. The van der Waals surface area contributed by atoms with Crippen molar-refractivity contribution in [2.75, 3.05) is 32.1 Å². The Kier molecular flexibility index (Phi) is 6.31. The molecule has 1 aliphatic heterocycles. The van der Waals surface area contributed by atoms with Crippen molar-refractivity contribution in [2.45, 2.75) is 39.7 Å². The number of hydrogen-bond donors (Lipinski definition) is 0. The Morgan fingerprint density at radius 3 is 2.62 bits per heavy atom. The number of aromatic nitrogens is 2. The number of fused-ring (bicyclic) bond motifs is 1. The molecule has 6 heteroatoms. The Balaban J connectivity index is 1.50. The minimum Gasteiger partial charge on any atom is -0.497 e. The van der Waals surface area contributed by atoms with Gasteiger partial charge in [0.1, 0.15) is 5.75 Å². The number of nitrogens with zero attached hydrogens (tertiary/aromatic N) is 4. The molecule has 0 N–H and O–H groups in total. The first kappa shape index (κ1) is 22.1. The van der Waals surface area contributed by atoms with Crippen molar-refractivity contribution in [1.29, 1.82) is 0 Å². The van der Waals surface area contributed by atoms with E-state index in [2.05, 4.69) is 36.9 Å². The van der Waals surface area contributed by atoms with Crippen LogP contribution in [0, 0.1) is 19.8 Å². The van der Waals surface area contributed by atoms with Gasteiger partial charge in [0.25, 0.3) is 0 Å². The number of ether oxygens (including phenoxy) is 1. The molecule has 0 saturated carbocycles. The van der Waals surface area contributed by atoms with Crippen molar-refractivity contribution in [3.8, 4) is 5.75 Å². The molecule has 4 rings (SSSR count). The molecule has 0 bridgehead atoms. The molecule has 1 aromatic heterocycles. The molecule has 1 fully saturated rings. The molecule has 2 aromatic carbocycles. The predicted molar refractivity (Wildman–Crippen MR) is 128 cm³/mol. The van der Waals surface area contributed by atoms with Gasteiger partial charge in [-0.15, -0.1) is 0 Å². The summed E-state index contributed by atoms with van der Waals surface area (Å²) in [6.07, 6.45) is 1.84. The number of hydrogen-bond acceptors (Lipinski definition) is 5. The van der Waals surface area contributed by atoms with Gasteiger partial charge in [-0.25, -0.2) is 9.97 Å². The van der Waals surface area contributed by atoms with Crippen molar-refractivity contribution >= 4 is 22.8 Å². The second kappa shape index (κ2) is 9.15. The third kappa shape index (κ3) is 4.40. The van der Waals surface area contributed by atoms with Gasteiger partial charge in [0.05, 0.1) is 30.3 Å². The topological polar surface area (TPSA) is 58.6 Å². The van der Waals surface area contributed by atoms with Gasteiger partial charge in [0.2, 0.25) is 11.9 Å². The SMILES string of the molecule is COc1ccc([C@H](C)N(C)C(=O)[C@H]2CCCN(c3nc(C)c4ccc(C)cc4n3)C2)cc1. The molecule has 168 valence electrons. The van der Waals surface area contributed by atoms with Gasteiger partial charge in [-0.2, -0.15) is 0 Å². The zero-order valence-corrected chi connectivity index (χ0v) is 19.6. The Hall–Kier alpha value is -3.15. The third-order valence-corrected chi connectivity index (χ3v) is 6.61. The van der Waals surface area contributed by atoms with E-state index >= 15 is 0 Å². The fraction of sp³-hybridized carbons (Fsp3) is 0.423. The van der Waals surface area contributed by atoms with Crippen molar-refractivity contribution in [3.63, 3.8) is 0 Å². The molecule has 1 saturated heterocycles. The number of amides is 1. The Morgan fingerprint density at radius 1 is 1.16 bits per heavy atom. The van der Waals surface area contributed by atoms with Crippen LogP contribution in [0.15, 0.2) is 42.5 Å². The number of anilines is 1. The molecule has 6 nitrogen and oxygen atoms in total. The first-order valence-corrected chi connectivity index (χ1v) is 11.3. The summed E-state index contributed by atoms with van der Waals surface area (Å²) in [7, 11) is 3.56. The lowest BCUT2D eigenvalue weighted by atomic mass is 9.95. The maximum absolute atomic E-state index is 13.4. The van der Waals surface area contributed by atoms with Crippen LogP contribution in [0.5, 0.6) is 5.75 Å². The number of rotatable bonds is 5. The number of aryl methyl sites for hydroxylation is 2. The molecule has 0 aliphatic carbocycles. The molecule has 3 aromatic rings. The Bertz CT molecular complexity index is 1110. The summed E-state index contributed by atoms with van der Waals surface area (Å²) in [5.41, 5.74) is 4.22. The van der Waals surface area contributed by atoms with E-state index in [0.717, 1.165) is 53.2 Å². The summed E-state index contributed by atoms with van der Waals surface area (Å²) in [6, 6.07) is 14.2. The number of methoxy groups -OCH3 is 1. The number of benzene rings is 2. The van der Waals surface area contributed by atoms with E-state index in [1.165, 1.54) is 5.56 Å². The van der Waals surface area contributed by atoms with Gasteiger partial charge < -0.3 is 14.5 Å². The van der Waals surface area contributed by atoms with Crippen LogP contribution < -0.4 is 9.64 Å². The molecule has 0 spiro atoms. The van der Waals surface area contributed by atoms with Crippen LogP contribution in [0.3, 0.4) is 0 Å². The van der Waals surface area contributed by atoms with Crippen LogP contribution in [-0.4, -0.2) is 48.0 Å². The zero-order chi connectivity index (χ0) is 22.8. The fourth-order valence-electron chi connectivity index (χ4n) is 4.47. The molecular weight excluding hydrogens is 400 g/mol. The molecular formula is C26H32N4O2. The Morgan fingerprint density at radius 2 is 1.91 bits per heavy atom. The summed E-state index contributed by atoms with van der Waals surface area (Å²) in [4.78, 5) is 27.0. The monoisotopic (exact) mass is 432 g/mol. The van der Waals surface area contributed by atoms with Gasteiger partial charge in [0.15, 0.2) is 0 Å². The largest absolute Gasteiger partial charge is 0.497 e. The smallest absolute Gasteiger partial charge is 0.227 e. The maximum Gasteiger partial charge on any atom is 0.227 e. The van der Waals surface area contributed by atoms with Crippen LogP contribution in [-0.2, 0) is 4.79 Å². The summed E-state index contributed by atoms with van der Waals surface area (Å²) < 4.78 is 5.25. The molecule has 0 unspecified atom stereocenters. The first-order chi connectivity index (χ1) is 15.4. The third-order valence-electron chi connectivity index (χ3n) is 6.61. The average molecular weight is 433 g/mol. The van der Waals surface area contributed by atoms with E-state index in [1.54, 1.807) is 7.11 Å². The summed E-state index contributed by atoms with van der Waals surface area (Å²) in [6.45, 7) is 7.69. The van der Waals surface area contributed by atoms with Gasteiger partial charge in [-0.1, -0.05) is 24.3 Å². The van der Waals surface area contributed by atoms with E-state index in [0.29, 0.717) is 6.54 Å². The maximum atomic E-state index is 13.4. The average Bonchev–Trinajstić information content (AvgIpc) is 2.82. The van der Waals surface area contributed by atoms with Crippen LogP contribution in [0.25, 0.3) is 10.9 Å². The summed E-state index contributed by atoms with van der Waals surface area (Å²) >= 11 is 0. The van der Waals surface area contributed by atoms with Crippen LogP contribution in [0.2, 0.25) is 0 Å². The highest BCUT2D eigenvalue weighted by atomic mass is 16.5. The number of carbonyl (C=O) groups is 1. The lowest BCUT2D eigenvalue weighted by Crippen LogP contribution is -2.45. The quantitative estimate of drug-likeness (QED) is 0.585. The lowest BCUT2D eigenvalue weighted by molar-refractivity contribution is -0.136. The highest BCUT2D eigenvalue weighted by Crippen LogP contribution is 2.28. The Labute approximate surface area is 190 Å². The minimum atomic E-state index is -0.0634.